The van der Waals surface area contributed by atoms with Gasteiger partial charge in [0.2, 0.25) is 15.9 Å². The van der Waals surface area contributed by atoms with Crippen molar-refractivity contribution in [1.82, 2.24) is 9.21 Å². The number of rotatable bonds is 7. The molecule has 0 aromatic heterocycles. The molecular weight excluding hydrogens is 468 g/mol. The van der Waals surface area contributed by atoms with Crippen molar-refractivity contribution < 1.29 is 17.9 Å². The van der Waals surface area contributed by atoms with Gasteiger partial charge >= 0.3 is 0 Å². The summed E-state index contributed by atoms with van der Waals surface area (Å²) in [4.78, 5) is 14.9. The second-order valence-corrected chi connectivity index (χ2v) is 10.3. The van der Waals surface area contributed by atoms with Crippen molar-refractivity contribution >= 4 is 31.9 Å². The zero-order valence-corrected chi connectivity index (χ0v) is 19.7. The summed E-state index contributed by atoms with van der Waals surface area (Å²) in [6.07, 6.45) is 1.36. The molecule has 162 valence electrons. The van der Waals surface area contributed by atoms with Crippen LogP contribution in [0.5, 0.6) is 5.75 Å². The fourth-order valence-electron chi connectivity index (χ4n) is 3.64. The Kier molecular flexibility index (Phi) is 7.55. The maximum Gasteiger partial charge on any atom is 0.243 e. The molecule has 0 N–H and O–H groups in total. The Bertz CT molecular complexity index is 962. The van der Waals surface area contributed by atoms with Crippen LogP contribution in [0.25, 0.3) is 0 Å². The third-order valence-electron chi connectivity index (χ3n) is 5.22. The maximum absolute atomic E-state index is 13.0. The van der Waals surface area contributed by atoms with Gasteiger partial charge < -0.3 is 9.64 Å². The van der Waals surface area contributed by atoms with Crippen LogP contribution < -0.4 is 4.74 Å². The molecule has 1 aliphatic rings. The minimum absolute atomic E-state index is 0.0282. The third kappa shape index (κ3) is 5.42. The lowest BCUT2D eigenvalue weighted by molar-refractivity contribution is -0.135. The zero-order chi connectivity index (χ0) is 21.7. The van der Waals surface area contributed by atoms with E-state index in [-0.39, 0.29) is 23.3 Å². The van der Waals surface area contributed by atoms with E-state index >= 15 is 0 Å². The molecular formula is C22H27BrN2O4S. The minimum Gasteiger partial charge on any atom is -0.494 e. The van der Waals surface area contributed by atoms with E-state index in [1.54, 1.807) is 36.2 Å². The molecule has 2 aromatic carbocycles. The van der Waals surface area contributed by atoms with Crippen LogP contribution in [0.2, 0.25) is 0 Å². The van der Waals surface area contributed by atoms with Crippen LogP contribution in [0.1, 0.15) is 25.3 Å². The van der Waals surface area contributed by atoms with Crippen molar-refractivity contribution in [2.75, 3.05) is 26.7 Å². The monoisotopic (exact) mass is 494 g/mol. The molecule has 1 fully saturated rings. The van der Waals surface area contributed by atoms with Crippen molar-refractivity contribution in [2.45, 2.75) is 31.2 Å². The second kappa shape index (κ2) is 9.94. The van der Waals surface area contributed by atoms with Gasteiger partial charge in [-0.05, 0) is 61.7 Å². The lowest BCUT2D eigenvalue weighted by atomic mass is 9.98. The molecule has 0 saturated carbocycles. The number of piperidine rings is 1. The van der Waals surface area contributed by atoms with Crippen molar-refractivity contribution in [2.24, 2.45) is 5.92 Å². The number of hydrogen-bond donors (Lipinski definition) is 0. The molecule has 3 rings (SSSR count). The Labute approximate surface area is 187 Å². The summed E-state index contributed by atoms with van der Waals surface area (Å²) in [6, 6.07) is 14.3. The van der Waals surface area contributed by atoms with Gasteiger partial charge in [0.15, 0.2) is 0 Å². The van der Waals surface area contributed by atoms with Gasteiger partial charge in [-0.3, -0.25) is 4.79 Å². The Morgan fingerprint density at radius 2 is 1.83 bits per heavy atom. The van der Waals surface area contributed by atoms with Crippen LogP contribution in [0, 0.1) is 5.92 Å². The predicted octanol–water partition coefficient (Wildman–Crippen LogP) is 3.91. The van der Waals surface area contributed by atoms with E-state index in [2.05, 4.69) is 15.9 Å². The molecule has 0 radical (unpaired) electrons. The van der Waals surface area contributed by atoms with Gasteiger partial charge in [0.05, 0.1) is 17.4 Å². The van der Waals surface area contributed by atoms with Crippen molar-refractivity contribution in [1.29, 1.82) is 0 Å². The fraction of sp³-hybridized carbons (Fsp3) is 0.409. The number of ether oxygens (including phenoxy) is 1. The molecule has 0 spiro atoms. The van der Waals surface area contributed by atoms with E-state index in [0.29, 0.717) is 32.5 Å². The Morgan fingerprint density at radius 3 is 2.47 bits per heavy atom. The van der Waals surface area contributed by atoms with Gasteiger partial charge in [-0.2, -0.15) is 4.31 Å². The van der Waals surface area contributed by atoms with E-state index in [1.165, 1.54) is 4.31 Å². The summed E-state index contributed by atoms with van der Waals surface area (Å²) < 4.78 is 33.7. The summed E-state index contributed by atoms with van der Waals surface area (Å²) in [7, 11) is -1.85. The highest BCUT2D eigenvalue weighted by Crippen LogP contribution is 2.26. The summed E-state index contributed by atoms with van der Waals surface area (Å²) in [6.45, 7) is 3.67. The number of nitrogens with zero attached hydrogens (tertiary/aromatic N) is 2. The average molecular weight is 495 g/mol. The molecule has 1 heterocycles. The normalized spacial score (nSPS) is 17.5. The largest absolute Gasteiger partial charge is 0.494 e. The van der Waals surface area contributed by atoms with Crippen LogP contribution in [0.3, 0.4) is 0 Å². The first-order valence-electron chi connectivity index (χ1n) is 10.0. The number of halogens is 1. The number of carbonyl (C=O) groups is 1. The highest BCUT2D eigenvalue weighted by Gasteiger charge is 2.34. The van der Waals surface area contributed by atoms with Crippen LogP contribution >= 0.6 is 15.9 Å². The SMILES string of the molecule is CCOc1ccc(CN(C)C(=O)C2CCCN(S(=O)(=O)c3ccc(Br)cc3)C2)cc1. The van der Waals surface area contributed by atoms with Crippen LogP contribution in [-0.4, -0.2) is 50.3 Å². The summed E-state index contributed by atoms with van der Waals surface area (Å²) in [5.41, 5.74) is 1.00. The molecule has 30 heavy (non-hydrogen) atoms. The summed E-state index contributed by atoms with van der Waals surface area (Å²) >= 11 is 3.33. The molecule has 0 bridgehead atoms. The van der Waals surface area contributed by atoms with Crippen molar-refractivity contribution in [3.05, 3.63) is 58.6 Å². The van der Waals surface area contributed by atoms with E-state index < -0.39 is 10.0 Å². The molecule has 1 saturated heterocycles. The Balaban J connectivity index is 1.65. The number of amides is 1. The Morgan fingerprint density at radius 1 is 1.17 bits per heavy atom. The average Bonchev–Trinajstić information content (AvgIpc) is 2.75. The molecule has 6 nitrogen and oxygen atoms in total. The van der Waals surface area contributed by atoms with E-state index in [9.17, 15) is 13.2 Å². The zero-order valence-electron chi connectivity index (χ0n) is 17.3. The molecule has 8 heteroatoms. The van der Waals surface area contributed by atoms with Gasteiger partial charge in [-0.25, -0.2) is 8.42 Å². The lowest BCUT2D eigenvalue weighted by Crippen LogP contribution is -2.45. The summed E-state index contributed by atoms with van der Waals surface area (Å²) in [5.74, 6) is 0.438. The molecule has 1 aliphatic heterocycles. The van der Waals surface area contributed by atoms with E-state index in [0.717, 1.165) is 15.8 Å². The first-order valence-corrected chi connectivity index (χ1v) is 12.3. The van der Waals surface area contributed by atoms with E-state index in [4.69, 9.17) is 4.74 Å². The maximum atomic E-state index is 13.0. The van der Waals surface area contributed by atoms with Gasteiger partial charge in [0.25, 0.3) is 0 Å². The van der Waals surface area contributed by atoms with Gasteiger partial charge in [0.1, 0.15) is 5.75 Å². The molecule has 2 aromatic rings. The molecule has 1 atom stereocenters. The first kappa shape index (κ1) is 22.8. The molecule has 1 amide bonds. The van der Waals surface area contributed by atoms with Crippen LogP contribution in [0.4, 0.5) is 0 Å². The van der Waals surface area contributed by atoms with Gasteiger partial charge in [-0.1, -0.05) is 28.1 Å². The van der Waals surface area contributed by atoms with E-state index in [1.807, 2.05) is 31.2 Å². The topological polar surface area (TPSA) is 66.9 Å². The predicted molar refractivity (Wildman–Crippen MR) is 120 cm³/mol. The Hall–Kier alpha value is -1.90. The van der Waals surface area contributed by atoms with Gasteiger partial charge in [0, 0.05) is 31.2 Å². The number of benzene rings is 2. The minimum atomic E-state index is -3.61. The highest BCUT2D eigenvalue weighted by molar-refractivity contribution is 9.10. The van der Waals surface area contributed by atoms with Crippen molar-refractivity contribution in [3.63, 3.8) is 0 Å². The third-order valence-corrected chi connectivity index (χ3v) is 7.62. The number of hydrogen-bond acceptors (Lipinski definition) is 4. The van der Waals surface area contributed by atoms with Gasteiger partial charge in [-0.15, -0.1) is 0 Å². The molecule has 1 unspecified atom stereocenters. The highest BCUT2D eigenvalue weighted by atomic mass is 79.9. The quantitative estimate of drug-likeness (QED) is 0.585. The van der Waals surface area contributed by atoms with Crippen LogP contribution in [0.15, 0.2) is 57.9 Å². The molecule has 0 aliphatic carbocycles. The summed E-state index contributed by atoms with van der Waals surface area (Å²) in [5, 5.41) is 0. The second-order valence-electron chi connectivity index (χ2n) is 7.43. The first-order chi connectivity index (χ1) is 14.3. The number of carbonyl (C=O) groups excluding carboxylic acids is 1. The van der Waals surface area contributed by atoms with Crippen LogP contribution in [-0.2, 0) is 21.4 Å². The number of sulfonamides is 1. The standard InChI is InChI=1S/C22H27BrN2O4S/c1-3-29-20-10-6-17(7-11-20)15-24(2)22(26)18-5-4-14-25(16-18)30(27,28)21-12-8-19(23)9-13-21/h6-13,18H,3-5,14-16H2,1-2H3. The van der Waals surface area contributed by atoms with Crippen molar-refractivity contribution in [3.8, 4) is 5.75 Å². The smallest absolute Gasteiger partial charge is 0.243 e. The fourth-order valence-corrected chi connectivity index (χ4v) is 5.43. The lowest BCUT2D eigenvalue weighted by Gasteiger charge is -2.33.